The van der Waals surface area contributed by atoms with Crippen molar-refractivity contribution in [3.8, 4) is 11.3 Å². The van der Waals surface area contributed by atoms with Crippen molar-refractivity contribution in [3.63, 3.8) is 0 Å². The van der Waals surface area contributed by atoms with Gasteiger partial charge in [0.05, 0.1) is 30.1 Å². The SMILES string of the molecule is COC(=O)c1c(F)cc(-c2ccc3c(n2)N(Cc2c(F)ccc(F)c2Cl)NN3)cc1F. The maximum Gasteiger partial charge on any atom is 0.343 e. The monoisotopic (exact) mass is 452 g/mol. The number of fused-ring (bicyclic) bond motifs is 1. The third-order valence-electron chi connectivity index (χ3n) is 4.64. The molecule has 0 fully saturated rings. The van der Waals surface area contributed by atoms with E-state index in [4.69, 9.17) is 11.6 Å². The molecule has 1 aromatic heterocycles. The molecule has 0 bridgehead atoms. The van der Waals surface area contributed by atoms with E-state index in [2.05, 4.69) is 20.7 Å². The molecule has 3 aromatic rings. The Morgan fingerprint density at radius 3 is 2.42 bits per heavy atom. The smallest absolute Gasteiger partial charge is 0.343 e. The zero-order valence-electron chi connectivity index (χ0n) is 15.8. The summed E-state index contributed by atoms with van der Waals surface area (Å²) >= 11 is 5.89. The molecule has 2 heterocycles. The first kappa shape index (κ1) is 20.9. The fourth-order valence-electron chi connectivity index (χ4n) is 3.10. The number of nitrogens with one attached hydrogen (secondary N) is 2. The second-order valence-corrected chi connectivity index (χ2v) is 6.90. The van der Waals surface area contributed by atoms with E-state index < -0.39 is 34.8 Å². The van der Waals surface area contributed by atoms with Crippen molar-refractivity contribution in [1.82, 2.24) is 10.5 Å². The van der Waals surface area contributed by atoms with Crippen LogP contribution in [0.2, 0.25) is 5.02 Å². The molecule has 0 unspecified atom stereocenters. The first-order chi connectivity index (χ1) is 14.8. The van der Waals surface area contributed by atoms with Crippen molar-refractivity contribution in [1.29, 1.82) is 0 Å². The normalized spacial score (nSPS) is 12.5. The number of carbonyl (C=O) groups is 1. The minimum atomic E-state index is -1.14. The van der Waals surface area contributed by atoms with Crippen LogP contribution >= 0.6 is 11.6 Å². The molecule has 0 saturated carbocycles. The Labute approximate surface area is 178 Å². The van der Waals surface area contributed by atoms with Gasteiger partial charge >= 0.3 is 5.97 Å². The standard InChI is InChI=1S/C20H13ClF4N4O2/c1-31-20(30)17-13(24)6-9(7-14(17)25)15-4-5-16-19(26-15)29(28-27-16)8-10-11(22)2-3-12(23)18(10)21/h2-7,27-28H,8H2,1H3. The average Bonchev–Trinajstić information content (AvgIpc) is 3.15. The van der Waals surface area contributed by atoms with Crippen LogP contribution in [-0.2, 0) is 11.3 Å². The third-order valence-corrected chi connectivity index (χ3v) is 5.05. The van der Waals surface area contributed by atoms with Crippen molar-refractivity contribution >= 4 is 29.1 Å². The van der Waals surface area contributed by atoms with Gasteiger partial charge in [-0.2, -0.15) is 0 Å². The lowest BCUT2D eigenvalue weighted by atomic mass is 10.1. The van der Waals surface area contributed by atoms with Crippen molar-refractivity contribution in [3.05, 3.63) is 75.8 Å². The highest BCUT2D eigenvalue weighted by Crippen LogP contribution is 2.34. The Balaban J connectivity index is 1.70. The van der Waals surface area contributed by atoms with Crippen LogP contribution in [0.15, 0.2) is 36.4 Å². The van der Waals surface area contributed by atoms with Crippen LogP contribution in [0.3, 0.4) is 0 Å². The second-order valence-electron chi connectivity index (χ2n) is 6.52. The zero-order valence-corrected chi connectivity index (χ0v) is 16.5. The summed E-state index contributed by atoms with van der Waals surface area (Å²) in [5, 5.41) is 0.993. The molecule has 160 valence electrons. The van der Waals surface area contributed by atoms with Crippen LogP contribution in [0.1, 0.15) is 15.9 Å². The molecule has 0 amide bonds. The number of rotatable bonds is 4. The van der Waals surface area contributed by atoms with E-state index in [9.17, 15) is 22.4 Å². The summed E-state index contributed by atoms with van der Waals surface area (Å²) in [5.41, 5.74) is 5.36. The number of ether oxygens (including phenoxy) is 1. The Kier molecular flexibility index (Phi) is 5.42. The van der Waals surface area contributed by atoms with Gasteiger partial charge in [0.2, 0.25) is 0 Å². The average molecular weight is 453 g/mol. The Morgan fingerprint density at radius 2 is 1.74 bits per heavy atom. The summed E-state index contributed by atoms with van der Waals surface area (Å²) in [6, 6.07) is 6.86. The van der Waals surface area contributed by atoms with E-state index in [-0.39, 0.29) is 34.2 Å². The highest BCUT2D eigenvalue weighted by molar-refractivity contribution is 6.31. The van der Waals surface area contributed by atoms with Gasteiger partial charge < -0.3 is 10.2 Å². The number of aromatic nitrogens is 1. The first-order valence-corrected chi connectivity index (χ1v) is 9.18. The van der Waals surface area contributed by atoms with E-state index in [0.29, 0.717) is 5.69 Å². The predicted octanol–water partition coefficient (Wildman–Crippen LogP) is 4.60. The van der Waals surface area contributed by atoms with Crippen LogP contribution in [0, 0.1) is 23.3 Å². The molecular formula is C20H13ClF4N4O2. The Hall–Kier alpha value is -3.37. The van der Waals surface area contributed by atoms with Crippen molar-refractivity contribution in [2.24, 2.45) is 0 Å². The van der Waals surface area contributed by atoms with E-state index in [1.165, 1.54) is 11.1 Å². The molecule has 31 heavy (non-hydrogen) atoms. The van der Waals surface area contributed by atoms with Gasteiger partial charge in [0, 0.05) is 11.1 Å². The summed E-state index contributed by atoms with van der Waals surface area (Å²) in [6.07, 6.45) is 0. The highest BCUT2D eigenvalue weighted by Gasteiger charge is 2.25. The van der Waals surface area contributed by atoms with Crippen LogP contribution in [0.5, 0.6) is 0 Å². The summed E-state index contributed by atoms with van der Waals surface area (Å²) in [5.74, 6) is -4.58. The van der Waals surface area contributed by atoms with Gasteiger partial charge in [-0.25, -0.2) is 27.3 Å². The fourth-order valence-corrected chi connectivity index (χ4v) is 3.31. The molecule has 11 heteroatoms. The van der Waals surface area contributed by atoms with Crippen LogP contribution in [-0.4, -0.2) is 18.1 Å². The summed E-state index contributed by atoms with van der Waals surface area (Å²) in [7, 11) is 1.01. The van der Waals surface area contributed by atoms with Gasteiger partial charge in [0.1, 0.15) is 28.8 Å². The van der Waals surface area contributed by atoms with Gasteiger partial charge in [-0.3, -0.25) is 5.01 Å². The van der Waals surface area contributed by atoms with Crippen molar-refractivity contribution < 1.29 is 27.1 Å². The topological polar surface area (TPSA) is 66.5 Å². The molecule has 0 saturated heterocycles. The molecule has 0 aliphatic carbocycles. The minimum absolute atomic E-state index is 0.0623. The van der Waals surface area contributed by atoms with Gasteiger partial charge in [0.15, 0.2) is 5.82 Å². The quantitative estimate of drug-likeness (QED) is 0.343. The van der Waals surface area contributed by atoms with Crippen molar-refractivity contribution in [2.75, 3.05) is 17.5 Å². The fraction of sp³-hybridized carbons (Fsp3) is 0.100. The number of hydrazine groups is 2. The molecule has 0 radical (unpaired) electrons. The lowest BCUT2D eigenvalue weighted by Gasteiger charge is -2.19. The summed E-state index contributed by atoms with van der Waals surface area (Å²) < 4.78 is 60.9. The maximum atomic E-state index is 14.3. The molecular weight excluding hydrogens is 440 g/mol. The number of hydrogen-bond acceptors (Lipinski definition) is 6. The van der Waals surface area contributed by atoms with Gasteiger partial charge in [-0.15, -0.1) is 5.53 Å². The zero-order chi connectivity index (χ0) is 22.3. The van der Waals surface area contributed by atoms with Crippen LogP contribution in [0.4, 0.5) is 29.1 Å². The number of halogens is 5. The molecule has 1 aliphatic rings. The molecule has 2 N–H and O–H groups in total. The Bertz CT molecular complexity index is 1190. The van der Waals surface area contributed by atoms with E-state index in [0.717, 1.165) is 31.4 Å². The second kappa shape index (κ2) is 8.05. The minimum Gasteiger partial charge on any atom is -0.465 e. The van der Waals surface area contributed by atoms with Gasteiger partial charge in [-0.05, 0) is 36.4 Å². The van der Waals surface area contributed by atoms with Crippen LogP contribution in [0.25, 0.3) is 11.3 Å². The van der Waals surface area contributed by atoms with Gasteiger partial charge in [-0.1, -0.05) is 11.6 Å². The molecule has 4 rings (SSSR count). The Morgan fingerprint density at radius 1 is 1.06 bits per heavy atom. The molecule has 6 nitrogen and oxygen atoms in total. The number of benzene rings is 2. The third kappa shape index (κ3) is 3.75. The largest absolute Gasteiger partial charge is 0.465 e. The number of methoxy groups -OCH3 is 1. The molecule has 1 aliphatic heterocycles. The number of esters is 1. The van der Waals surface area contributed by atoms with E-state index in [1.54, 1.807) is 6.07 Å². The van der Waals surface area contributed by atoms with Crippen molar-refractivity contribution in [2.45, 2.75) is 6.54 Å². The summed E-state index contributed by atoms with van der Waals surface area (Å²) in [4.78, 5) is 15.9. The van der Waals surface area contributed by atoms with E-state index >= 15 is 0 Å². The number of pyridine rings is 1. The lowest BCUT2D eigenvalue weighted by molar-refractivity contribution is 0.0590. The number of anilines is 2. The number of nitrogens with zero attached hydrogens (tertiary/aromatic N) is 2. The number of carbonyl (C=O) groups excluding carboxylic acids is 1. The molecule has 0 atom stereocenters. The van der Waals surface area contributed by atoms with Gasteiger partial charge in [0.25, 0.3) is 0 Å². The lowest BCUT2D eigenvalue weighted by Crippen LogP contribution is -2.36. The van der Waals surface area contributed by atoms with E-state index in [1.807, 2.05) is 0 Å². The molecule has 2 aromatic carbocycles. The summed E-state index contributed by atoms with van der Waals surface area (Å²) in [6.45, 7) is -0.192. The first-order valence-electron chi connectivity index (χ1n) is 8.80. The highest BCUT2D eigenvalue weighted by atomic mass is 35.5. The maximum absolute atomic E-state index is 14.3. The molecule has 0 spiro atoms. The number of hydrogen-bond donors (Lipinski definition) is 2. The van der Waals surface area contributed by atoms with Crippen LogP contribution < -0.4 is 16.0 Å². The predicted molar refractivity (Wildman–Crippen MR) is 105 cm³/mol.